The van der Waals surface area contributed by atoms with Gasteiger partial charge in [-0.05, 0) is 72.5 Å². The van der Waals surface area contributed by atoms with Crippen molar-refractivity contribution in [3.05, 3.63) is 93.2 Å². The van der Waals surface area contributed by atoms with Gasteiger partial charge in [-0.2, -0.15) is 5.10 Å². The zero-order chi connectivity index (χ0) is 19.9. The summed E-state index contributed by atoms with van der Waals surface area (Å²) in [6.45, 7) is 4.49. The molecule has 0 spiro atoms. The van der Waals surface area contributed by atoms with Crippen molar-refractivity contribution in [3.63, 3.8) is 0 Å². The second-order valence-electron chi connectivity index (χ2n) is 6.31. The van der Waals surface area contributed by atoms with Gasteiger partial charge in [-0.1, -0.05) is 34.1 Å². The number of hydrogen-bond acceptors (Lipinski definition) is 4. The van der Waals surface area contributed by atoms with E-state index in [9.17, 15) is 4.79 Å². The molecule has 0 saturated heterocycles. The Morgan fingerprint density at radius 2 is 1.86 bits per heavy atom. The number of hydrazone groups is 1. The summed E-state index contributed by atoms with van der Waals surface area (Å²) in [5.74, 6) is 0.511. The lowest BCUT2D eigenvalue weighted by atomic mass is 10.1. The van der Waals surface area contributed by atoms with Gasteiger partial charge in [-0.15, -0.1) is 0 Å². The lowest BCUT2D eigenvalue weighted by Gasteiger charge is -2.13. The molecule has 1 heterocycles. The number of ether oxygens (including phenoxy) is 1. The molecule has 3 rings (SSSR count). The molecule has 1 aromatic heterocycles. The summed E-state index contributed by atoms with van der Waals surface area (Å²) in [5, 5.41) is 4.02. The average molecular weight is 438 g/mol. The van der Waals surface area contributed by atoms with Crippen molar-refractivity contribution in [2.75, 3.05) is 0 Å². The predicted octanol–water partition coefficient (Wildman–Crippen LogP) is 4.80. The molecule has 0 atom stereocenters. The Bertz CT molecular complexity index is 963. The molecule has 142 valence electrons. The van der Waals surface area contributed by atoms with E-state index in [2.05, 4.69) is 31.4 Å². The van der Waals surface area contributed by atoms with Gasteiger partial charge in [0.2, 0.25) is 0 Å². The van der Waals surface area contributed by atoms with Crippen LogP contribution in [0.1, 0.15) is 32.7 Å². The first-order valence-electron chi connectivity index (χ1n) is 8.76. The Morgan fingerprint density at radius 3 is 2.50 bits per heavy atom. The van der Waals surface area contributed by atoms with Gasteiger partial charge < -0.3 is 4.74 Å². The molecule has 1 N–H and O–H groups in total. The van der Waals surface area contributed by atoms with Crippen molar-refractivity contribution in [2.45, 2.75) is 20.5 Å². The first-order chi connectivity index (χ1) is 13.5. The van der Waals surface area contributed by atoms with Gasteiger partial charge in [-0.3, -0.25) is 9.78 Å². The van der Waals surface area contributed by atoms with Crippen LogP contribution in [-0.2, 0) is 6.61 Å². The maximum absolute atomic E-state index is 12.0. The van der Waals surface area contributed by atoms with E-state index < -0.39 is 0 Å². The average Bonchev–Trinajstić information content (AvgIpc) is 2.69. The highest BCUT2D eigenvalue weighted by atomic mass is 79.9. The minimum Gasteiger partial charge on any atom is -0.488 e. The zero-order valence-electron chi connectivity index (χ0n) is 15.6. The summed E-state index contributed by atoms with van der Waals surface area (Å²) in [5.41, 5.74) is 6.81. The molecule has 28 heavy (non-hydrogen) atoms. The molecule has 0 fully saturated rings. The van der Waals surface area contributed by atoms with Gasteiger partial charge in [0.15, 0.2) is 0 Å². The third-order valence-electron chi connectivity index (χ3n) is 4.06. The molecule has 3 aromatic rings. The van der Waals surface area contributed by atoms with Crippen molar-refractivity contribution < 1.29 is 9.53 Å². The van der Waals surface area contributed by atoms with E-state index in [0.717, 1.165) is 32.5 Å². The van der Waals surface area contributed by atoms with Gasteiger partial charge in [-0.25, -0.2) is 5.43 Å². The SMILES string of the molecule is Cc1cc(/C=N\NC(=O)c2ccccn2)cc(C)c1OCc1ccc(Br)cc1. The lowest BCUT2D eigenvalue weighted by molar-refractivity contribution is 0.0950. The van der Waals surface area contributed by atoms with E-state index in [1.165, 1.54) is 0 Å². The summed E-state index contributed by atoms with van der Waals surface area (Å²) in [4.78, 5) is 15.9. The van der Waals surface area contributed by atoms with Gasteiger partial charge in [0, 0.05) is 10.7 Å². The summed E-state index contributed by atoms with van der Waals surface area (Å²) < 4.78 is 7.06. The Kier molecular flexibility index (Phi) is 6.55. The molecular formula is C22H20BrN3O2. The fourth-order valence-electron chi connectivity index (χ4n) is 2.74. The second kappa shape index (κ2) is 9.28. The maximum Gasteiger partial charge on any atom is 0.289 e. The molecular weight excluding hydrogens is 418 g/mol. The van der Waals surface area contributed by atoms with Crippen molar-refractivity contribution in [3.8, 4) is 5.75 Å². The minimum atomic E-state index is -0.347. The molecule has 6 heteroatoms. The molecule has 0 unspecified atom stereocenters. The minimum absolute atomic E-state index is 0.323. The van der Waals surface area contributed by atoms with E-state index in [-0.39, 0.29) is 5.91 Å². The van der Waals surface area contributed by atoms with E-state index in [0.29, 0.717) is 12.3 Å². The molecule has 0 bridgehead atoms. The van der Waals surface area contributed by atoms with Crippen molar-refractivity contribution in [2.24, 2.45) is 5.10 Å². The third-order valence-corrected chi connectivity index (χ3v) is 4.59. The Morgan fingerprint density at radius 1 is 1.14 bits per heavy atom. The molecule has 0 radical (unpaired) electrons. The second-order valence-corrected chi connectivity index (χ2v) is 7.23. The normalized spacial score (nSPS) is 10.8. The van der Waals surface area contributed by atoms with Gasteiger partial charge in [0.25, 0.3) is 5.91 Å². The molecule has 5 nitrogen and oxygen atoms in total. The number of amides is 1. The van der Waals surface area contributed by atoms with Gasteiger partial charge in [0.05, 0.1) is 6.21 Å². The van der Waals surface area contributed by atoms with Crippen LogP contribution in [0.5, 0.6) is 5.75 Å². The smallest absolute Gasteiger partial charge is 0.289 e. The van der Waals surface area contributed by atoms with Crippen LogP contribution < -0.4 is 10.2 Å². The number of rotatable bonds is 6. The number of pyridine rings is 1. The molecule has 1 amide bonds. The first kappa shape index (κ1) is 19.8. The Balaban J connectivity index is 1.64. The number of hydrogen-bond donors (Lipinski definition) is 1. The van der Waals surface area contributed by atoms with E-state index in [1.807, 2.05) is 50.2 Å². The Labute approximate surface area is 172 Å². The molecule has 0 aliphatic carbocycles. The van der Waals surface area contributed by atoms with Crippen molar-refractivity contribution in [1.29, 1.82) is 0 Å². The summed E-state index contributed by atoms with van der Waals surface area (Å²) >= 11 is 3.43. The molecule has 2 aromatic carbocycles. The predicted molar refractivity (Wildman–Crippen MR) is 114 cm³/mol. The first-order valence-corrected chi connectivity index (χ1v) is 9.55. The number of aromatic nitrogens is 1. The fraction of sp³-hybridized carbons (Fsp3) is 0.136. The van der Waals surface area contributed by atoms with Crippen LogP contribution in [-0.4, -0.2) is 17.1 Å². The van der Waals surface area contributed by atoms with Crippen LogP contribution in [0.25, 0.3) is 0 Å². The lowest BCUT2D eigenvalue weighted by Crippen LogP contribution is -2.18. The topological polar surface area (TPSA) is 63.6 Å². The monoisotopic (exact) mass is 437 g/mol. The van der Waals surface area contributed by atoms with Crippen LogP contribution in [0.2, 0.25) is 0 Å². The zero-order valence-corrected chi connectivity index (χ0v) is 17.2. The van der Waals surface area contributed by atoms with Gasteiger partial charge in [0.1, 0.15) is 18.1 Å². The standard InChI is InChI=1S/C22H20BrN3O2/c1-15-11-18(13-25-26-22(27)20-5-3-4-10-24-20)12-16(2)21(15)28-14-17-6-8-19(23)9-7-17/h3-13H,14H2,1-2H3,(H,26,27)/b25-13-. The van der Waals surface area contributed by atoms with Crippen molar-refractivity contribution in [1.82, 2.24) is 10.4 Å². The highest BCUT2D eigenvalue weighted by molar-refractivity contribution is 9.10. The molecule has 0 saturated carbocycles. The van der Waals surface area contributed by atoms with Crippen LogP contribution >= 0.6 is 15.9 Å². The third kappa shape index (κ3) is 5.27. The number of aryl methyl sites for hydroxylation is 2. The van der Waals surface area contributed by atoms with Crippen LogP contribution in [0.3, 0.4) is 0 Å². The highest BCUT2D eigenvalue weighted by Crippen LogP contribution is 2.25. The van der Waals surface area contributed by atoms with E-state index in [1.54, 1.807) is 30.6 Å². The number of nitrogens with zero attached hydrogens (tertiary/aromatic N) is 2. The van der Waals surface area contributed by atoms with Crippen LogP contribution in [0, 0.1) is 13.8 Å². The number of carbonyl (C=O) groups excluding carboxylic acids is 1. The van der Waals surface area contributed by atoms with E-state index >= 15 is 0 Å². The molecule has 0 aliphatic rings. The van der Waals surface area contributed by atoms with Crippen LogP contribution in [0.4, 0.5) is 0 Å². The quantitative estimate of drug-likeness (QED) is 0.444. The van der Waals surface area contributed by atoms with Crippen LogP contribution in [0.15, 0.2) is 70.4 Å². The molecule has 0 aliphatic heterocycles. The summed E-state index contributed by atoms with van der Waals surface area (Å²) in [6.07, 6.45) is 3.18. The number of benzene rings is 2. The Hall–Kier alpha value is -2.99. The maximum atomic E-state index is 12.0. The summed E-state index contributed by atoms with van der Waals surface area (Å²) in [7, 11) is 0. The highest BCUT2D eigenvalue weighted by Gasteiger charge is 2.07. The number of halogens is 1. The number of carbonyl (C=O) groups is 1. The fourth-order valence-corrected chi connectivity index (χ4v) is 3.01. The summed E-state index contributed by atoms with van der Waals surface area (Å²) in [6, 6.07) is 17.1. The number of nitrogens with one attached hydrogen (secondary N) is 1. The van der Waals surface area contributed by atoms with E-state index in [4.69, 9.17) is 4.74 Å². The largest absolute Gasteiger partial charge is 0.488 e. The van der Waals surface area contributed by atoms with Gasteiger partial charge >= 0.3 is 0 Å². The van der Waals surface area contributed by atoms with Crippen molar-refractivity contribution >= 4 is 28.1 Å².